The SMILES string of the molecule is COc1ccc([C@@H]2Nc3ncnn3C(N)=C2C#N)c(OC)c1. The number of benzene rings is 1. The van der Waals surface area contributed by atoms with Crippen LogP contribution in [-0.4, -0.2) is 29.0 Å². The standard InChI is InChI=1S/C14H14N6O2/c1-21-8-3-4-9(11(5-8)22-2)12-10(6-15)13(16)20-14(19-12)17-7-18-20/h3-5,7,12H,16H2,1-2H3,(H,17,18,19)/t12-/m0/s1. The summed E-state index contributed by atoms with van der Waals surface area (Å²) in [5, 5.41) is 16.6. The van der Waals surface area contributed by atoms with Gasteiger partial charge in [-0.3, -0.25) is 0 Å². The molecule has 0 saturated heterocycles. The van der Waals surface area contributed by atoms with Crippen molar-refractivity contribution in [3.05, 3.63) is 35.7 Å². The molecule has 8 nitrogen and oxygen atoms in total. The largest absolute Gasteiger partial charge is 0.497 e. The molecule has 0 radical (unpaired) electrons. The number of fused-ring (bicyclic) bond motifs is 1. The molecule has 0 bridgehead atoms. The highest BCUT2D eigenvalue weighted by molar-refractivity contribution is 5.66. The van der Waals surface area contributed by atoms with Crippen LogP contribution in [0.1, 0.15) is 11.6 Å². The average Bonchev–Trinajstić information content (AvgIpc) is 3.03. The summed E-state index contributed by atoms with van der Waals surface area (Å²) in [6, 6.07) is 7.03. The predicted molar refractivity (Wildman–Crippen MR) is 78.9 cm³/mol. The van der Waals surface area contributed by atoms with Gasteiger partial charge in [0.2, 0.25) is 5.95 Å². The zero-order valence-corrected chi connectivity index (χ0v) is 12.1. The normalized spacial score (nSPS) is 16.5. The zero-order valence-electron chi connectivity index (χ0n) is 12.1. The topological polar surface area (TPSA) is 111 Å². The Labute approximate surface area is 126 Å². The van der Waals surface area contributed by atoms with E-state index in [0.29, 0.717) is 23.0 Å². The van der Waals surface area contributed by atoms with Gasteiger partial charge in [-0.2, -0.15) is 20.0 Å². The predicted octanol–water partition coefficient (Wildman–Crippen LogP) is 1.11. The van der Waals surface area contributed by atoms with Gasteiger partial charge in [0.15, 0.2) is 0 Å². The van der Waals surface area contributed by atoms with Crippen molar-refractivity contribution in [2.24, 2.45) is 5.73 Å². The van der Waals surface area contributed by atoms with Gasteiger partial charge in [-0.25, -0.2) is 0 Å². The lowest BCUT2D eigenvalue weighted by molar-refractivity contribution is 0.390. The van der Waals surface area contributed by atoms with Gasteiger partial charge < -0.3 is 20.5 Å². The van der Waals surface area contributed by atoms with Gasteiger partial charge >= 0.3 is 0 Å². The first-order valence-electron chi connectivity index (χ1n) is 6.48. The average molecular weight is 298 g/mol. The number of nitrogens with one attached hydrogen (secondary N) is 1. The van der Waals surface area contributed by atoms with E-state index in [1.165, 1.54) is 11.0 Å². The summed E-state index contributed by atoms with van der Waals surface area (Å²) < 4.78 is 12.0. The van der Waals surface area contributed by atoms with Crippen molar-refractivity contribution >= 4 is 11.8 Å². The maximum absolute atomic E-state index is 9.47. The van der Waals surface area contributed by atoms with Crippen molar-refractivity contribution in [2.75, 3.05) is 19.5 Å². The van der Waals surface area contributed by atoms with Crippen LogP contribution in [-0.2, 0) is 0 Å². The summed E-state index contributed by atoms with van der Waals surface area (Å²) in [7, 11) is 3.14. The van der Waals surface area contributed by atoms with E-state index in [9.17, 15) is 5.26 Å². The second kappa shape index (κ2) is 5.29. The van der Waals surface area contributed by atoms with E-state index < -0.39 is 6.04 Å². The van der Waals surface area contributed by atoms with Crippen LogP contribution >= 0.6 is 0 Å². The van der Waals surface area contributed by atoms with E-state index in [2.05, 4.69) is 21.5 Å². The quantitative estimate of drug-likeness (QED) is 0.873. The number of hydrogen-bond donors (Lipinski definition) is 2. The number of anilines is 1. The lowest BCUT2D eigenvalue weighted by Crippen LogP contribution is -2.27. The first-order valence-corrected chi connectivity index (χ1v) is 6.48. The van der Waals surface area contributed by atoms with Gasteiger partial charge in [0.05, 0.1) is 25.8 Å². The van der Waals surface area contributed by atoms with Crippen LogP contribution < -0.4 is 20.5 Å². The lowest BCUT2D eigenvalue weighted by Gasteiger charge is -2.26. The molecule has 1 atom stereocenters. The Morgan fingerprint density at radius 3 is 2.86 bits per heavy atom. The Bertz CT molecular complexity index is 789. The Kier molecular flexibility index (Phi) is 3.31. The number of nitriles is 1. The number of nitrogens with two attached hydrogens (primary N) is 1. The molecule has 1 aromatic carbocycles. The van der Waals surface area contributed by atoms with Crippen LogP contribution in [0.3, 0.4) is 0 Å². The monoisotopic (exact) mass is 298 g/mol. The van der Waals surface area contributed by atoms with Crippen molar-refractivity contribution in [1.29, 1.82) is 5.26 Å². The van der Waals surface area contributed by atoms with Gasteiger partial charge in [-0.1, -0.05) is 0 Å². The lowest BCUT2D eigenvalue weighted by atomic mass is 9.97. The molecule has 1 aliphatic rings. The number of methoxy groups -OCH3 is 2. The van der Waals surface area contributed by atoms with Crippen molar-refractivity contribution in [1.82, 2.24) is 14.8 Å². The van der Waals surface area contributed by atoms with E-state index >= 15 is 0 Å². The number of rotatable bonds is 3. The Morgan fingerprint density at radius 1 is 1.36 bits per heavy atom. The summed E-state index contributed by atoms with van der Waals surface area (Å²) in [4.78, 5) is 4.09. The molecular weight excluding hydrogens is 284 g/mol. The molecule has 3 rings (SSSR count). The Hall–Kier alpha value is -3.21. The van der Waals surface area contributed by atoms with Crippen LogP contribution in [0.25, 0.3) is 5.82 Å². The minimum atomic E-state index is -0.470. The minimum Gasteiger partial charge on any atom is -0.497 e. The molecule has 0 saturated carbocycles. The second-order valence-corrected chi connectivity index (χ2v) is 4.59. The highest BCUT2D eigenvalue weighted by atomic mass is 16.5. The van der Waals surface area contributed by atoms with E-state index in [0.717, 1.165) is 5.56 Å². The van der Waals surface area contributed by atoms with E-state index in [-0.39, 0.29) is 5.82 Å². The number of ether oxygens (including phenoxy) is 2. The minimum absolute atomic E-state index is 0.247. The first kappa shape index (κ1) is 13.8. The molecule has 0 fully saturated rings. The van der Waals surface area contributed by atoms with Gasteiger partial charge in [0.25, 0.3) is 0 Å². The van der Waals surface area contributed by atoms with Crippen LogP contribution in [0.15, 0.2) is 30.1 Å². The fraction of sp³-hybridized carbons (Fsp3) is 0.214. The summed E-state index contributed by atoms with van der Waals surface area (Å²) in [6.45, 7) is 0. The maximum atomic E-state index is 9.47. The molecule has 3 N–H and O–H groups in total. The van der Waals surface area contributed by atoms with Crippen LogP contribution in [0.2, 0.25) is 0 Å². The van der Waals surface area contributed by atoms with Gasteiger partial charge in [0, 0.05) is 11.6 Å². The molecule has 0 amide bonds. The van der Waals surface area contributed by atoms with Gasteiger partial charge in [0.1, 0.15) is 29.7 Å². The third kappa shape index (κ3) is 2.00. The van der Waals surface area contributed by atoms with Gasteiger partial charge in [-0.05, 0) is 12.1 Å². The maximum Gasteiger partial charge on any atom is 0.228 e. The molecule has 2 aromatic rings. The van der Waals surface area contributed by atoms with E-state index in [1.807, 2.05) is 6.07 Å². The number of nitrogens with zero attached hydrogens (tertiary/aromatic N) is 4. The van der Waals surface area contributed by atoms with E-state index in [1.54, 1.807) is 26.4 Å². The molecule has 8 heteroatoms. The molecule has 112 valence electrons. The van der Waals surface area contributed by atoms with Crippen LogP contribution in [0.4, 0.5) is 5.95 Å². The number of hydrogen-bond acceptors (Lipinski definition) is 7. The highest BCUT2D eigenvalue weighted by Gasteiger charge is 2.30. The third-order valence-electron chi connectivity index (χ3n) is 3.49. The molecule has 0 aliphatic carbocycles. The summed E-state index contributed by atoms with van der Waals surface area (Å²) in [5.74, 6) is 1.97. The molecular formula is C14H14N6O2. The highest BCUT2D eigenvalue weighted by Crippen LogP contribution is 2.38. The molecule has 0 spiro atoms. The summed E-state index contributed by atoms with van der Waals surface area (Å²) >= 11 is 0. The fourth-order valence-corrected chi connectivity index (χ4v) is 2.39. The van der Waals surface area contributed by atoms with E-state index in [4.69, 9.17) is 15.2 Å². The smallest absolute Gasteiger partial charge is 0.228 e. The van der Waals surface area contributed by atoms with Crippen molar-refractivity contribution in [3.63, 3.8) is 0 Å². The zero-order chi connectivity index (χ0) is 15.7. The van der Waals surface area contributed by atoms with Gasteiger partial charge in [-0.15, -0.1) is 0 Å². The summed E-state index contributed by atoms with van der Waals surface area (Å²) in [5.41, 5.74) is 7.14. The first-order chi connectivity index (χ1) is 10.7. The molecule has 2 heterocycles. The Morgan fingerprint density at radius 2 is 2.18 bits per heavy atom. The van der Waals surface area contributed by atoms with Crippen molar-refractivity contribution < 1.29 is 9.47 Å². The molecule has 22 heavy (non-hydrogen) atoms. The fourth-order valence-electron chi connectivity index (χ4n) is 2.39. The summed E-state index contributed by atoms with van der Waals surface area (Å²) in [6.07, 6.45) is 1.37. The van der Waals surface area contributed by atoms with Crippen molar-refractivity contribution in [2.45, 2.75) is 6.04 Å². The number of aromatic nitrogens is 3. The van der Waals surface area contributed by atoms with Crippen LogP contribution in [0.5, 0.6) is 11.5 Å². The molecule has 0 unspecified atom stereocenters. The molecule has 1 aliphatic heterocycles. The molecule has 1 aromatic heterocycles. The second-order valence-electron chi connectivity index (χ2n) is 4.59. The van der Waals surface area contributed by atoms with Crippen molar-refractivity contribution in [3.8, 4) is 17.6 Å². The third-order valence-corrected chi connectivity index (χ3v) is 3.49. The van der Waals surface area contributed by atoms with Crippen LogP contribution in [0, 0.1) is 11.3 Å². The Balaban J connectivity index is 2.13.